The maximum atomic E-state index is 6.48. The van der Waals surface area contributed by atoms with Gasteiger partial charge in [0.2, 0.25) is 5.71 Å². The molecule has 0 spiro atoms. The molecule has 0 atom stereocenters. The van der Waals surface area contributed by atoms with Crippen molar-refractivity contribution >= 4 is 54.8 Å². The van der Waals surface area contributed by atoms with Crippen molar-refractivity contribution in [3.05, 3.63) is 146 Å². The molecule has 6 heteroatoms. The standard InChI is InChI=1S/C42H24N4O2/c1-2-11-26(12-3-1)29-21-22-32(37-33-16-9-23-43-42(33)48-38(29)37)41-45-39(28-20-19-25-10-4-5-13-27(25)24-28)44-40(46-41)31-15-8-18-35-36(31)30-14-6-7-17-34(30)47-35/h1-24H. The van der Waals surface area contributed by atoms with Gasteiger partial charge in [0.15, 0.2) is 17.5 Å². The van der Waals surface area contributed by atoms with Gasteiger partial charge in [0.1, 0.15) is 16.7 Å². The Morgan fingerprint density at radius 1 is 0.417 bits per heavy atom. The van der Waals surface area contributed by atoms with E-state index in [1.165, 1.54) is 0 Å². The Morgan fingerprint density at radius 3 is 2.02 bits per heavy atom. The van der Waals surface area contributed by atoms with Crippen LogP contribution in [0.1, 0.15) is 0 Å². The summed E-state index contributed by atoms with van der Waals surface area (Å²) in [4.78, 5) is 20.1. The molecule has 6 aromatic carbocycles. The van der Waals surface area contributed by atoms with Gasteiger partial charge in [-0.1, -0.05) is 97.1 Å². The molecule has 0 aliphatic heterocycles. The Hall–Kier alpha value is -6.66. The van der Waals surface area contributed by atoms with Gasteiger partial charge in [-0.2, -0.15) is 0 Å². The van der Waals surface area contributed by atoms with Gasteiger partial charge in [0, 0.05) is 50.0 Å². The van der Waals surface area contributed by atoms with Crippen LogP contribution in [0.2, 0.25) is 0 Å². The second-order valence-corrected chi connectivity index (χ2v) is 11.8. The first-order chi connectivity index (χ1) is 23.8. The Labute approximate surface area is 274 Å². The van der Waals surface area contributed by atoms with E-state index < -0.39 is 0 Å². The minimum Gasteiger partial charge on any atom is -0.456 e. The summed E-state index contributed by atoms with van der Waals surface area (Å²) in [5.74, 6) is 1.69. The average Bonchev–Trinajstić information content (AvgIpc) is 3.74. The number of para-hydroxylation sites is 1. The molecule has 0 saturated heterocycles. The van der Waals surface area contributed by atoms with Crippen molar-refractivity contribution in [1.82, 2.24) is 19.9 Å². The zero-order chi connectivity index (χ0) is 31.6. The normalized spacial score (nSPS) is 11.8. The minimum atomic E-state index is 0.545. The molecule has 0 fully saturated rings. The molecular weight excluding hydrogens is 592 g/mol. The highest BCUT2D eigenvalue weighted by Crippen LogP contribution is 2.42. The van der Waals surface area contributed by atoms with Crippen molar-refractivity contribution in [3.63, 3.8) is 0 Å². The van der Waals surface area contributed by atoms with Crippen LogP contribution in [-0.2, 0) is 0 Å². The largest absolute Gasteiger partial charge is 0.456 e. The van der Waals surface area contributed by atoms with Gasteiger partial charge in [-0.05, 0) is 58.8 Å². The molecule has 48 heavy (non-hydrogen) atoms. The number of aromatic nitrogens is 4. The first kappa shape index (κ1) is 26.5. The lowest BCUT2D eigenvalue weighted by Gasteiger charge is -2.11. The van der Waals surface area contributed by atoms with E-state index in [0.29, 0.717) is 23.2 Å². The molecule has 6 nitrogen and oxygen atoms in total. The van der Waals surface area contributed by atoms with Gasteiger partial charge in [-0.25, -0.2) is 19.9 Å². The van der Waals surface area contributed by atoms with Crippen molar-refractivity contribution in [1.29, 1.82) is 0 Å². The van der Waals surface area contributed by atoms with E-state index in [9.17, 15) is 0 Å². The quantitative estimate of drug-likeness (QED) is 0.196. The van der Waals surface area contributed by atoms with Crippen molar-refractivity contribution in [2.45, 2.75) is 0 Å². The van der Waals surface area contributed by atoms with Crippen LogP contribution in [0.25, 0.3) is 100 Å². The van der Waals surface area contributed by atoms with Crippen LogP contribution in [0, 0.1) is 0 Å². The fraction of sp³-hybridized carbons (Fsp3) is 0. The van der Waals surface area contributed by atoms with Gasteiger partial charge in [-0.15, -0.1) is 0 Å². The van der Waals surface area contributed by atoms with E-state index in [4.69, 9.17) is 23.8 Å². The second-order valence-electron chi connectivity index (χ2n) is 11.8. The molecule has 10 rings (SSSR count). The molecule has 0 amide bonds. The molecule has 0 unspecified atom stereocenters. The third-order valence-corrected chi connectivity index (χ3v) is 9.01. The number of pyridine rings is 1. The number of hydrogen-bond donors (Lipinski definition) is 0. The molecule has 224 valence electrons. The lowest BCUT2D eigenvalue weighted by Crippen LogP contribution is -2.01. The van der Waals surface area contributed by atoms with Gasteiger partial charge >= 0.3 is 0 Å². The first-order valence-electron chi connectivity index (χ1n) is 15.8. The zero-order valence-electron chi connectivity index (χ0n) is 25.5. The summed E-state index contributed by atoms with van der Waals surface area (Å²) in [5, 5.41) is 6.06. The summed E-state index contributed by atoms with van der Waals surface area (Å²) in [5.41, 5.74) is 7.55. The highest BCUT2D eigenvalue weighted by molar-refractivity contribution is 6.15. The van der Waals surface area contributed by atoms with E-state index in [0.717, 1.165) is 76.9 Å². The van der Waals surface area contributed by atoms with Crippen molar-refractivity contribution in [2.24, 2.45) is 0 Å². The van der Waals surface area contributed by atoms with Crippen molar-refractivity contribution < 1.29 is 8.83 Å². The van der Waals surface area contributed by atoms with Crippen LogP contribution < -0.4 is 0 Å². The molecule has 4 aromatic heterocycles. The van der Waals surface area contributed by atoms with Gasteiger partial charge in [0.05, 0.1) is 0 Å². The van der Waals surface area contributed by atoms with Crippen molar-refractivity contribution in [3.8, 4) is 45.3 Å². The van der Waals surface area contributed by atoms with Gasteiger partial charge < -0.3 is 8.83 Å². The molecule has 0 aliphatic rings. The van der Waals surface area contributed by atoms with E-state index in [1.54, 1.807) is 6.20 Å². The molecule has 0 saturated carbocycles. The minimum absolute atomic E-state index is 0.545. The van der Waals surface area contributed by atoms with Crippen LogP contribution >= 0.6 is 0 Å². The number of furan rings is 2. The van der Waals surface area contributed by atoms with Crippen LogP contribution in [0.4, 0.5) is 0 Å². The second kappa shape index (κ2) is 10.4. The van der Waals surface area contributed by atoms with Gasteiger partial charge in [-0.3, -0.25) is 0 Å². The van der Waals surface area contributed by atoms with E-state index >= 15 is 0 Å². The lowest BCUT2D eigenvalue weighted by atomic mass is 9.98. The molecule has 0 bridgehead atoms. The van der Waals surface area contributed by atoms with E-state index in [1.807, 2.05) is 72.8 Å². The third kappa shape index (κ3) is 4.13. The first-order valence-corrected chi connectivity index (χ1v) is 15.8. The molecule has 4 heterocycles. The number of fused-ring (bicyclic) bond motifs is 7. The fourth-order valence-corrected chi connectivity index (χ4v) is 6.78. The van der Waals surface area contributed by atoms with E-state index in [2.05, 4.69) is 71.7 Å². The van der Waals surface area contributed by atoms with Crippen LogP contribution in [0.15, 0.2) is 155 Å². The third-order valence-electron chi connectivity index (χ3n) is 9.01. The van der Waals surface area contributed by atoms with Crippen LogP contribution in [0.5, 0.6) is 0 Å². The molecule has 0 N–H and O–H groups in total. The lowest BCUT2D eigenvalue weighted by molar-refractivity contribution is 0.655. The molecular formula is C42H24N4O2. The summed E-state index contributed by atoms with van der Waals surface area (Å²) in [6.07, 6.45) is 1.75. The monoisotopic (exact) mass is 616 g/mol. The Morgan fingerprint density at radius 2 is 1.12 bits per heavy atom. The SMILES string of the molecule is c1ccc(-c2ccc(-c3nc(-c4ccc5ccccc5c4)nc(-c4cccc5oc6ccccc6c45)n3)c3c2oc2ncccc23)cc1. The highest BCUT2D eigenvalue weighted by atomic mass is 16.3. The highest BCUT2D eigenvalue weighted by Gasteiger charge is 2.22. The summed E-state index contributed by atoms with van der Waals surface area (Å²) in [6.45, 7) is 0. The number of nitrogens with zero attached hydrogens (tertiary/aromatic N) is 4. The van der Waals surface area contributed by atoms with Crippen LogP contribution in [-0.4, -0.2) is 19.9 Å². The maximum absolute atomic E-state index is 6.48. The molecule has 10 aromatic rings. The molecule has 0 aliphatic carbocycles. The Kier molecular flexibility index (Phi) is 5.77. The predicted molar refractivity (Wildman–Crippen MR) is 191 cm³/mol. The topological polar surface area (TPSA) is 77.8 Å². The maximum Gasteiger partial charge on any atom is 0.227 e. The summed E-state index contributed by atoms with van der Waals surface area (Å²) in [6, 6.07) is 47.1. The number of hydrogen-bond acceptors (Lipinski definition) is 6. The average molecular weight is 617 g/mol. The van der Waals surface area contributed by atoms with Gasteiger partial charge in [0.25, 0.3) is 0 Å². The molecule has 0 radical (unpaired) electrons. The number of rotatable bonds is 4. The summed E-state index contributed by atoms with van der Waals surface area (Å²) < 4.78 is 12.7. The van der Waals surface area contributed by atoms with Crippen molar-refractivity contribution in [2.75, 3.05) is 0 Å². The van der Waals surface area contributed by atoms with E-state index in [-0.39, 0.29) is 0 Å². The zero-order valence-corrected chi connectivity index (χ0v) is 25.5. The summed E-state index contributed by atoms with van der Waals surface area (Å²) in [7, 11) is 0. The number of benzene rings is 6. The summed E-state index contributed by atoms with van der Waals surface area (Å²) >= 11 is 0. The predicted octanol–water partition coefficient (Wildman–Crippen LogP) is 10.9. The Bertz CT molecular complexity index is 2850. The van der Waals surface area contributed by atoms with Crippen LogP contribution in [0.3, 0.4) is 0 Å². The smallest absolute Gasteiger partial charge is 0.227 e. The Balaban J connectivity index is 1.29. The fourth-order valence-electron chi connectivity index (χ4n) is 6.78.